The summed E-state index contributed by atoms with van der Waals surface area (Å²) in [6.45, 7) is 3.99. The lowest BCUT2D eigenvalue weighted by atomic mass is 10.1. The average molecular weight is 280 g/mol. The number of nitrogens with zero attached hydrogens (tertiary/aromatic N) is 2. The van der Waals surface area contributed by atoms with E-state index >= 15 is 0 Å². The summed E-state index contributed by atoms with van der Waals surface area (Å²) in [7, 11) is 0. The molecule has 0 bridgehead atoms. The average Bonchev–Trinajstić information content (AvgIpc) is 2.64. The summed E-state index contributed by atoms with van der Waals surface area (Å²) >= 11 is 3.55. The number of hydrogen-bond donors (Lipinski definition) is 1. The van der Waals surface area contributed by atoms with E-state index in [0.29, 0.717) is 0 Å². The molecule has 1 aromatic carbocycles. The Labute approximate surface area is 103 Å². The number of halogens is 1. The molecule has 1 aromatic heterocycles. The molecule has 2 rings (SSSR count). The van der Waals surface area contributed by atoms with Gasteiger partial charge in [-0.25, -0.2) is 4.68 Å². The molecule has 0 saturated carbocycles. The van der Waals surface area contributed by atoms with Crippen LogP contribution in [-0.4, -0.2) is 9.78 Å². The Bertz CT molecular complexity index is 503. The van der Waals surface area contributed by atoms with Gasteiger partial charge in [0.1, 0.15) is 0 Å². The highest BCUT2D eigenvalue weighted by Crippen LogP contribution is 2.24. The molecule has 0 amide bonds. The highest BCUT2D eigenvalue weighted by Gasteiger charge is 2.06. The van der Waals surface area contributed by atoms with Gasteiger partial charge in [-0.1, -0.05) is 6.07 Å². The van der Waals surface area contributed by atoms with E-state index in [2.05, 4.69) is 21.0 Å². The van der Waals surface area contributed by atoms with E-state index < -0.39 is 0 Å². The second-order valence-electron chi connectivity index (χ2n) is 3.96. The Hall–Kier alpha value is -1.13. The van der Waals surface area contributed by atoms with Crippen LogP contribution in [0.5, 0.6) is 0 Å². The SMILES string of the molecule is Cc1cnn(-c2ccc([C@H](C)N)cc2Br)c1. The highest BCUT2D eigenvalue weighted by molar-refractivity contribution is 9.10. The van der Waals surface area contributed by atoms with Crippen molar-refractivity contribution in [1.29, 1.82) is 0 Å². The number of aryl methyl sites for hydroxylation is 1. The molecule has 84 valence electrons. The molecule has 1 atom stereocenters. The van der Waals surface area contributed by atoms with Crippen molar-refractivity contribution >= 4 is 15.9 Å². The van der Waals surface area contributed by atoms with Crippen LogP contribution in [-0.2, 0) is 0 Å². The minimum absolute atomic E-state index is 0.0460. The largest absolute Gasteiger partial charge is 0.324 e. The molecule has 3 nitrogen and oxygen atoms in total. The Kier molecular flexibility index (Phi) is 3.12. The van der Waals surface area contributed by atoms with Gasteiger partial charge in [0, 0.05) is 16.7 Å². The maximum Gasteiger partial charge on any atom is 0.0787 e. The maximum atomic E-state index is 5.83. The number of hydrogen-bond acceptors (Lipinski definition) is 2. The Morgan fingerprint density at radius 1 is 1.44 bits per heavy atom. The smallest absolute Gasteiger partial charge is 0.0787 e. The van der Waals surface area contributed by atoms with E-state index in [1.807, 2.05) is 49.1 Å². The quantitative estimate of drug-likeness (QED) is 0.919. The van der Waals surface area contributed by atoms with Crippen LogP contribution in [0.2, 0.25) is 0 Å². The minimum atomic E-state index is 0.0460. The van der Waals surface area contributed by atoms with E-state index in [4.69, 9.17) is 5.73 Å². The third kappa shape index (κ3) is 2.18. The van der Waals surface area contributed by atoms with E-state index in [1.54, 1.807) is 0 Å². The highest BCUT2D eigenvalue weighted by atomic mass is 79.9. The summed E-state index contributed by atoms with van der Waals surface area (Å²) in [6.07, 6.45) is 3.83. The van der Waals surface area contributed by atoms with Gasteiger partial charge >= 0.3 is 0 Å². The first-order valence-electron chi connectivity index (χ1n) is 5.14. The zero-order valence-corrected chi connectivity index (χ0v) is 10.9. The van der Waals surface area contributed by atoms with Crippen molar-refractivity contribution in [3.63, 3.8) is 0 Å². The first-order valence-corrected chi connectivity index (χ1v) is 5.94. The number of rotatable bonds is 2. The van der Waals surface area contributed by atoms with Gasteiger partial charge in [-0.05, 0) is 53.0 Å². The number of aromatic nitrogens is 2. The summed E-state index contributed by atoms with van der Waals surface area (Å²) in [4.78, 5) is 0. The molecule has 16 heavy (non-hydrogen) atoms. The molecule has 0 aliphatic carbocycles. The lowest BCUT2D eigenvalue weighted by Crippen LogP contribution is -2.05. The topological polar surface area (TPSA) is 43.8 Å². The first-order chi connectivity index (χ1) is 7.58. The zero-order valence-electron chi connectivity index (χ0n) is 9.31. The standard InChI is InChI=1S/C12H14BrN3/c1-8-6-15-16(7-8)12-4-3-10(9(2)14)5-11(12)13/h3-7,9H,14H2,1-2H3/t9-/m0/s1. The third-order valence-corrected chi connectivity index (χ3v) is 3.09. The molecule has 0 unspecified atom stereocenters. The Morgan fingerprint density at radius 3 is 2.69 bits per heavy atom. The van der Waals surface area contributed by atoms with E-state index in [-0.39, 0.29) is 6.04 Å². The fourth-order valence-electron chi connectivity index (χ4n) is 1.54. The van der Waals surface area contributed by atoms with Crippen LogP contribution in [0.1, 0.15) is 24.1 Å². The van der Waals surface area contributed by atoms with Gasteiger partial charge in [0.2, 0.25) is 0 Å². The monoisotopic (exact) mass is 279 g/mol. The van der Waals surface area contributed by atoms with Crippen molar-refractivity contribution in [3.8, 4) is 5.69 Å². The molecule has 2 N–H and O–H groups in total. The molecule has 4 heteroatoms. The van der Waals surface area contributed by atoms with Crippen molar-refractivity contribution in [2.75, 3.05) is 0 Å². The molecule has 2 aromatic rings. The molecule has 0 radical (unpaired) electrons. The minimum Gasteiger partial charge on any atom is -0.324 e. The summed E-state index contributed by atoms with van der Waals surface area (Å²) in [5, 5.41) is 4.28. The summed E-state index contributed by atoms with van der Waals surface area (Å²) in [6, 6.07) is 6.14. The molecule has 0 aliphatic heterocycles. The van der Waals surface area contributed by atoms with E-state index in [1.165, 1.54) is 0 Å². The number of benzene rings is 1. The van der Waals surface area contributed by atoms with Crippen molar-refractivity contribution in [1.82, 2.24) is 9.78 Å². The lowest BCUT2D eigenvalue weighted by Gasteiger charge is -2.09. The molecular formula is C12H14BrN3. The zero-order chi connectivity index (χ0) is 11.7. The predicted octanol–water partition coefficient (Wildman–Crippen LogP) is 2.96. The normalized spacial score (nSPS) is 12.8. The molecular weight excluding hydrogens is 266 g/mol. The molecule has 0 spiro atoms. The summed E-state index contributed by atoms with van der Waals surface area (Å²) in [5.74, 6) is 0. The van der Waals surface area contributed by atoms with Crippen molar-refractivity contribution in [2.24, 2.45) is 5.73 Å². The van der Waals surface area contributed by atoms with Crippen LogP contribution in [0.4, 0.5) is 0 Å². The van der Waals surface area contributed by atoms with Crippen LogP contribution < -0.4 is 5.73 Å². The van der Waals surface area contributed by atoms with Gasteiger partial charge in [0.05, 0.1) is 11.9 Å². The van der Waals surface area contributed by atoms with Gasteiger partial charge in [-0.15, -0.1) is 0 Å². The van der Waals surface area contributed by atoms with Crippen molar-refractivity contribution in [3.05, 3.63) is 46.2 Å². The van der Waals surface area contributed by atoms with Crippen LogP contribution in [0.25, 0.3) is 5.69 Å². The fraction of sp³-hybridized carbons (Fsp3) is 0.250. The van der Waals surface area contributed by atoms with Crippen LogP contribution in [0.15, 0.2) is 35.1 Å². The van der Waals surface area contributed by atoms with Gasteiger partial charge in [-0.2, -0.15) is 5.10 Å². The predicted molar refractivity (Wildman–Crippen MR) is 68.6 cm³/mol. The number of nitrogens with two attached hydrogens (primary N) is 1. The maximum absolute atomic E-state index is 5.83. The van der Waals surface area contributed by atoms with Gasteiger partial charge in [0.15, 0.2) is 0 Å². The molecule has 0 aliphatic rings. The van der Waals surface area contributed by atoms with Crippen LogP contribution in [0.3, 0.4) is 0 Å². The van der Waals surface area contributed by atoms with E-state index in [9.17, 15) is 0 Å². The fourth-order valence-corrected chi connectivity index (χ4v) is 2.11. The van der Waals surface area contributed by atoms with Crippen LogP contribution in [0, 0.1) is 6.92 Å². The van der Waals surface area contributed by atoms with Crippen molar-refractivity contribution < 1.29 is 0 Å². The third-order valence-electron chi connectivity index (χ3n) is 2.46. The summed E-state index contributed by atoms with van der Waals surface area (Å²) in [5.41, 5.74) is 9.11. The second kappa shape index (κ2) is 4.39. The molecule has 0 saturated heterocycles. The first kappa shape index (κ1) is 11.4. The Balaban J connectivity index is 2.44. The van der Waals surface area contributed by atoms with Gasteiger partial charge in [0.25, 0.3) is 0 Å². The van der Waals surface area contributed by atoms with Gasteiger partial charge < -0.3 is 5.73 Å². The van der Waals surface area contributed by atoms with Gasteiger partial charge in [-0.3, -0.25) is 0 Å². The molecule has 1 heterocycles. The molecule has 0 fully saturated rings. The van der Waals surface area contributed by atoms with Crippen LogP contribution >= 0.6 is 15.9 Å². The summed E-state index contributed by atoms with van der Waals surface area (Å²) < 4.78 is 2.86. The second-order valence-corrected chi connectivity index (χ2v) is 4.82. The van der Waals surface area contributed by atoms with E-state index in [0.717, 1.165) is 21.3 Å². The van der Waals surface area contributed by atoms with Crippen molar-refractivity contribution in [2.45, 2.75) is 19.9 Å². The lowest BCUT2D eigenvalue weighted by molar-refractivity contribution is 0.812. The Morgan fingerprint density at radius 2 is 2.19 bits per heavy atom.